The lowest BCUT2D eigenvalue weighted by molar-refractivity contribution is 0.0838. The number of ketones is 1. The van der Waals surface area contributed by atoms with E-state index in [1.165, 1.54) is 0 Å². The molecule has 0 atom stereocenters. The lowest BCUT2D eigenvalue weighted by Crippen LogP contribution is -2.36. The van der Waals surface area contributed by atoms with E-state index in [1.54, 1.807) is 12.1 Å². The summed E-state index contributed by atoms with van der Waals surface area (Å²) in [6.45, 7) is 3.38. The average Bonchev–Trinajstić information content (AvgIpc) is 2.52. The summed E-state index contributed by atoms with van der Waals surface area (Å²) in [5.74, 6) is 0.409. The van der Waals surface area contributed by atoms with Crippen molar-refractivity contribution in [3.05, 3.63) is 34.9 Å². The Hall–Kier alpha value is -0.900. The third kappa shape index (κ3) is 5.10. The van der Waals surface area contributed by atoms with Gasteiger partial charge in [-0.05, 0) is 76.0 Å². The lowest BCUT2D eigenvalue weighted by atomic mass is 9.89. The van der Waals surface area contributed by atoms with E-state index < -0.39 is 0 Å². The molecule has 1 heterocycles. The molecule has 2 rings (SSSR count). The van der Waals surface area contributed by atoms with E-state index in [1.807, 2.05) is 12.1 Å². The fraction of sp³-hybridized carbons (Fsp3) is 0.588. The second-order valence-electron chi connectivity index (χ2n) is 5.77. The number of halogens is 1. The van der Waals surface area contributed by atoms with Gasteiger partial charge in [0.2, 0.25) is 0 Å². The molecule has 0 aromatic heterocycles. The third-order valence-electron chi connectivity index (χ3n) is 4.22. The zero-order chi connectivity index (χ0) is 15.1. The zero-order valence-electron chi connectivity index (χ0n) is 12.4. The molecule has 1 N–H and O–H groups in total. The number of carbonyl (C=O) groups is 1. The second-order valence-corrected chi connectivity index (χ2v) is 6.21. The van der Waals surface area contributed by atoms with E-state index in [0.29, 0.717) is 5.02 Å². The molecule has 21 heavy (non-hydrogen) atoms. The van der Waals surface area contributed by atoms with Crippen molar-refractivity contribution in [1.29, 1.82) is 0 Å². The predicted octanol–water partition coefficient (Wildman–Crippen LogP) is 3.40. The van der Waals surface area contributed by atoms with Gasteiger partial charge in [-0.2, -0.15) is 0 Å². The van der Waals surface area contributed by atoms with Gasteiger partial charge in [0.1, 0.15) is 0 Å². The number of benzene rings is 1. The van der Waals surface area contributed by atoms with E-state index >= 15 is 0 Å². The summed E-state index contributed by atoms with van der Waals surface area (Å²) >= 11 is 5.86. The third-order valence-corrected chi connectivity index (χ3v) is 4.47. The van der Waals surface area contributed by atoms with Gasteiger partial charge < -0.3 is 10.0 Å². The molecule has 4 heteroatoms. The molecular formula is C17H24ClNO2. The van der Waals surface area contributed by atoms with Gasteiger partial charge >= 0.3 is 0 Å². The lowest BCUT2D eigenvalue weighted by Gasteiger charge is -2.31. The Bertz CT molecular complexity index is 439. The van der Waals surface area contributed by atoms with Crippen LogP contribution in [0.15, 0.2) is 24.3 Å². The molecule has 0 saturated carbocycles. The summed E-state index contributed by atoms with van der Waals surface area (Å²) < 4.78 is 0. The number of hydrogen-bond donors (Lipinski definition) is 1. The monoisotopic (exact) mass is 309 g/mol. The van der Waals surface area contributed by atoms with E-state index in [-0.39, 0.29) is 18.3 Å². The molecule has 116 valence electrons. The molecule has 0 spiro atoms. The van der Waals surface area contributed by atoms with Crippen molar-refractivity contribution in [3.63, 3.8) is 0 Å². The highest BCUT2D eigenvalue weighted by Gasteiger charge is 2.25. The van der Waals surface area contributed by atoms with Crippen molar-refractivity contribution in [2.75, 3.05) is 26.2 Å². The Balaban J connectivity index is 1.75. The van der Waals surface area contributed by atoms with Crippen LogP contribution >= 0.6 is 11.6 Å². The summed E-state index contributed by atoms with van der Waals surface area (Å²) in [7, 11) is 0. The SMILES string of the molecule is O=C(c1ccc(Cl)cc1)C1CCN(CCCCCO)CC1. The van der Waals surface area contributed by atoms with Crippen LogP contribution in [0.2, 0.25) is 5.02 Å². The minimum atomic E-state index is 0.153. The Morgan fingerprint density at radius 1 is 1.14 bits per heavy atom. The smallest absolute Gasteiger partial charge is 0.166 e. The normalized spacial score (nSPS) is 17.0. The number of likely N-dealkylation sites (tertiary alicyclic amines) is 1. The minimum Gasteiger partial charge on any atom is -0.396 e. The highest BCUT2D eigenvalue weighted by Crippen LogP contribution is 2.23. The maximum Gasteiger partial charge on any atom is 0.166 e. The van der Waals surface area contributed by atoms with Gasteiger partial charge in [-0.3, -0.25) is 4.79 Å². The van der Waals surface area contributed by atoms with Crippen LogP contribution in [0.5, 0.6) is 0 Å². The quantitative estimate of drug-likeness (QED) is 0.620. The second kappa shape index (κ2) is 8.52. The maximum absolute atomic E-state index is 12.4. The van der Waals surface area contributed by atoms with Gasteiger partial charge in [-0.15, -0.1) is 0 Å². The van der Waals surface area contributed by atoms with Crippen molar-refractivity contribution >= 4 is 17.4 Å². The summed E-state index contributed by atoms with van der Waals surface area (Å²) in [5, 5.41) is 9.44. The van der Waals surface area contributed by atoms with Crippen molar-refractivity contribution < 1.29 is 9.90 Å². The first-order valence-corrected chi connectivity index (χ1v) is 8.21. The maximum atomic E-state index is 12.4. The van der Waals surface area contributed by atoms with Gasteiger partial charge in [0.05, 0.1) is 0 Å². The van der Waals surface area contributed by atoms with Crippen LogP contribution in [0.1, 0.15) is 42.5 Å². The van der Waals surface area contributed by atoms with Crippen LogP contribution < -0.4 is 0 Å². The summed E-state index contributed by atoms with van der Waals surface area (Å²) in [6, 6.07) is 7.22. The number of piperidine rings is 1. The van der Waals surface area contributed by atoms with Crippen LogP contribution in [-0.2, 0) is 0 Å². The molecule has 1 saturated heterocycles. The van der Waals surface area contributed by atoms with Gasteiger partial charge in [0, 0.05) is 23.1 Å². The van der Waals surface area contributed by atoms with Crippen molar-refractivity contribution in [1.82, 2.24) is 4.90 Å². The van der Waals surface area contributed by atoms with Crippen molar-refractivity contribution in [2.24, 2.45) is 5.92 Å². The number of aliphatic hydroxyl groups excluding tert-OH is 1. The first-order valence-electron chi connectivity index (χ1n) is 7.83. The van der Waals surface area contributed by atoms with Gasteiger partial charge in [-0.25, -0.2) is 0 Å². The zero-order valence-corrected chi connectivity index (χ0v) is 13.2. The van der Waals surface area contributed by atoms with Crippen LogP contribution in [0.25, 0.3) is 0 Å². The molecule has 1 aromatic carbocycles. The fourth-order valence-electron chi connectivity index (χ4n) is 2.89. The molecule has 0 aliphatic carbocycles. The van der Waals surface area contributed by atoms with Gasteiger partial charge in [-0.1, -0.05) is 11.6 Å². The van der Waals surface area contributed by atoms with E-state index in [2.05, 4.69) is 4.90 Å². The number of carbonyl (C=O) groups excluding carboxylic acids is 1. The Morgan fingerprint density at radius 3 is 2.43 bits per heavy atom. The summed E-state index contributed by atoms with van der Waals surface area (Å²) in [5.41, 5.74) is 0.779. The highest BCUT2D eigenvalue weighted by atomic mass is 35.5. The molecule has 1 aromatic rings. The Morgan fingerprint density at radius 2 is 1.81 bits per heavy atom. The molecular weight excluding hydrogens is 286 g/mol. The molecule has 1 aliphatic rings. The highest BCUT2D eigenvalue weighted by molar-refractivity contribution is 6.30. The van der Waals surface area contributed by atoms with Crippen molar-refractivity contribution in [3.8, 4) is 0 Å². The number of Topliss-reactive ketones (excluding diaryl/α,β-unsaturated/α-hetero) is 1. The van der Waals surface area contributed by atoms with Gasteiger partial charge in [0.15, 0.2) is 5.78 Å². The largest absolute Gasteiger partial charge is 0.396 e. The number of rotatable bonds is 7. The molecule has 0 unspecified atom stereocenters. The minimum absolute atomic E-state index is 0.153. The molecule has 0 radical (unpaired) electrons. The van der Waals surface area contributed by atoms with Crippen LogP contribution in [-0.4, -0.2) is 42.0 Å². The number of unbranched alkanes of at least 4 members (excludes halogenated alkanes) is 2. The first kappa shape index (κ1) is 16.5. The number of aliphatic hydroxyl groups is 1. The molecule has 0 bridgehead atoms. The van der Waals surface area contributed by atoms with E-state index in [0.717, 1.165) is 57.3 Å². The first-order chi connectivity index (χ1) is 10.2. The fourth-order valence-corrected chi connectivity index (χ4v) is 3.02. The van der Waals surface area contributed by atoms with Gasteiger partial charge in [0.25, 0.3) is 0 Å². The standard InChI is InChI=1S/C17H24ClNO2/c18-16-6-4-14(5-7-16)17(21)15-8-11-19(12-9-15)10-2-1-3-13-20/h4-7,15,20H,1-3,8-13H2. The molecule has 1 fully saturated rings. The predicted molar refractivity (Wildman–Crippen MR) is 85.9 cm³/mol. The number of hydrogen-bond acceptors (Lipinski definition) is 3. The molecule has 0 amide bonds. The number of nitrogens with zero attached hydrogens (tertiary/aromatic N) is 1. The topological polar surface area (TPSA) is 40.5 Å². The molecule has 1 aliphatic heterocycles. The van der Waals surface area contributed by atoms with E-state index in [4.69, 9.17) is 16.7 Å². The van der Waals surface area contributed by atoms with Crippen LogP contribution in [0.4, 0.5) is 0 Å². The van der Waals surface area contributed by atoms with Crippen LogP contribution in [0.3, 0.4) is 0 Å². The molecule has 3 nitrogen and oxygen atoms in total. The van der Waals surface area contributed by atoms with Crippen molar-refractivity contribution in [2.45, 2.75) is 32.1 Å². The van der Waals surface area contributed by atoms with E-state index in [9.17, 15) is 4.79 Å². The summed E-state index contributed by atoms with van der Waals surface area (Å²) in [4.78, 5) is 14.9. The average molecular weight is 310 g/mol. The Labute approximate surface area is 131 Å². The van der Waals surface area contributed by atoms with Crippen LogP contribution in [0, 0.1) is 5.92 Å². The Kier molecular flexibility index (Phi) is 6.68. The summed E-state index contributed by atoms with van der Waals surface area (Å²) in [6.07, 6.45) is 5.00.